The van der Waals surface area contributed by atoms with Crippen molar-refractivity contribution in [2.75, 3.05) is 5.32 Å². The molecule has 0 spiro atoms. The van der Waals surface area contributed by atoms with Crippen molar-refractivity contribution in [3.05, 3.63) is 30.3 Å². The van der Waals surface area contributed by atoms with Crippen molar-refractivity contribution < 1.29 is 35.5 Å². The molecule has 134 valence electrons. The van der Waals surface area contributed by atoms with Gasteiger partial charge in [0.05, 0.1) is 12.1 Å². The van der Waals surface area contributed by atoms with Crippen LogP contribution >= 0.6 is 0 Å². The molecule has 0 radical (unpaired) electrons. The summed E-state index contributed by atoms with van der Waals surface area (Å²) in [6, 6.07) is 5.40. The summed E-state index contributed by atoms with van der Waals surface area (Å²) < 4.78 is 64.9. The van der Waals surface area contributed by atoms with Crippen LogP contribution in [0.2, 0.25) is 0 Å². The van der Waals surface area contributed by atoms with E-state index in [1.807, 2.05) is 0 Å². The van der Waals surface area contributed by atoms with E-state index < -0.39 is 48.1 Å². The first-order chi connectivity index (χ1) is 11.4. The van der Waals surface area contributed by atoms with E-state index in [1.54, 1.807) is 0 Å². The third-order valence-corrected chi connectivity index (χ3v) is 5.01. The first kappa shape index (κ1) is 19.0. The van der Waals surface area contributed by atoms with Crippen molar-refractivity contribution >= 4 is 48.4 Å². The van der Waals surface area contributed by atoms with Gasteiger partial charge in [-0.05, 0) is 25.1 Å². The number of hydrogen-bond acceptors (Lipinski definition) is 6. The third-order valence-electron chi connectivity index (χ3n) is 3.20. The molecule has 0 heterocycles. The lowest BCUT2D eigenvalue weighted by Gasteiger charge is -2.13. The summed E-state index contributed by atoms with van der Waals surface area (Å²) in [5, 5.41) is 1.76. The minimum Gasteiger partial charge on any atom is -0.325 e. The Kier molecular flexibility index (Phi) is 4.95. The van der Waals surface area contributed by atoms with Gasteiger partial charge in [0.2, 0.25) is 5.91 Å². The molecule has 9 nitrogen and oxygen atoms in total. The highest BCUT2D eigenvalue weighted by Crippen LogP contribution is 2.34. The van der Waals surface area contributed by atoms with Crippen LogP contribution in [0.1, 0.15) is 13.3 Å². The number of ketones is 1. The second-order valence-electron chi connectivity index (χ2n) is 5.17. The Morgan fingerprint density at radius 3 is 2.08 bits per heavy atom. The van der Waals surface area contributed by atoms with E-state index in [-0.39, 0.29) is 16.5 Å². The molecule has 0 saturated carbocycles. The smallest absolute Gasteiger partial charge is 0.295 e. The zero-order valence-corrected chi connectivity index (χ0v) is 14.4. The van der Waals surface area contributed by atoms with Crippen LogP contribution in [0.15, 0.2) is 40.1 Å². The Morgan fingerprint density at radius 1 is 0.960 bits per heavy atom. The molecule has 0 fully saturated rings. The molecule has 1 amide bonds. The summed E-state index contributed by atoms with van der Waals surface area (Å²) in [7, 11) is -9.47. The van der Waals surface area contributed by atoms with Crippen LogP contribution in [-0.4, -0.2) is 37.6 Å². The van der Waals surface area contributed by atoms with Gasteiger partial charge in [-0.25, -0.2) is 0 Å². The van der Waals surface area contributed by atoms with Gasteiger partial charge in [0.25, 0.3) is 20.2 Å². The molecule has 0 unspecified atom stereocenters. The van der Waals surface area contributed by atoms with E-state index >= 15 is 0 Å². The van der Waals surface area contributed by atoms with Gasteiger partial charge in [-0.2, -0.15) is 16.8 Å². The highest BCUT2D eigenvalue weighted by molar-refractivity contribution is 7.86. The van der Waals surface area contributed by atoms with Gasteiger partial charge in [0, 0.05) is 10.8 Å². The predicted molar refractivity (Wildman–Crippen MR) is 87.5 cm³/mol. The van der Waals surface area contributed by atoms with Gasteiger partial charge in [-0.3, -0.25) is 18.7 Å². The second kappa shape index (κ2) is 6.52. The van der Waals surface area contributed by atoms with E-state index in [0.29, 0.717) is 0 Å². The summed E-state index contributed by atoms with van der Waals surface area (Å²) in [6.07, 6.45) is -0.477. The summed E-state index contributed by atoms with van der Waals surface area (Å²) in [5.74, 6) is -1.19. The number of anilines is 1. The van der Waals surface area contributed by atoms with Crippen molar-refractivity contribution in [3.63, 3.8) is 0 Å². The number of amides is 1. The topological polar surface area (TPSA) is 155 Å². The van der Waals surface area contributed by atoms with Gasteiger partial charge < -0.3 is 5.32 Å². The van der Waals surface area contributed by atoms with Crippen LogP contribution in [0.4, 0.5) is 5.69 Å². The van der Waals surface area contributed by atoms with Crippen LogP contribution in [0.25, 0.3) is 10.8 Å². The molecule has 2 aromatic carbocycles. The fourth-order valence-corrected chi connectivity index (χ4v) is 3.73. The van der Waals surface area contributed by atoms with Gasteiger partial charge in [-0.1, -0.05) is 12.1 Å². The monoisotopic (exact) mass is 387 g/mol. The van der Waals surface area contributed by atoms with E-state index in [4.69, 9.17) is 0 Å². The number of Topliss-reactive ketones (excluding diaryl/α,β-unsaturated/α-hetero) is 1. The largest absolute Gasteiger partial charge is 0.325 e. The summed E-state index contributed by atoms with van der Waals surface area (Å²) in [6.45, 7) is 1.18. The molecule has 2 rings (SSSR count). The lowest BCUT2D eigenvalue weighted by molar-refractivity contribution is -0.124. The standard InChI is InChI=1S/C14H13NO8S2/c1-8(16)7-13(17)15-10-5-6-11(24(18,19)20)9-3-2-4-12(14(9)10)25(21,22)23/h2-6H,7H2,1H3,(H,15,17)(H,18,19,20)(H,21,22,23). The molecular formula is C14H13NO8S2. The summed E-state index contributed by atoms with van der Waals surface area (Å²) in [4.78, 5) is 21.6. The van der Waals surface area contributed by atoms with E-state index in [9.17, 15) is 35.5 Å². The van der Waals surface area contributed by atoms with Crippen molar-refractivity contribution in [1.29, 1.82) is 0 Å². The maximum atomic E-state index is 11.8. The zero-order chi connectivity index (χ0) is 19.0. The fraction of sp³-hybridized carbons (Fsp3) is 0.143. The second-order valence-corrected chi connectivity index (χ2v) is 7.95. The van der Waals surface area contributed by atoms with E-state index in [0.717, 1.165) is 18.2 Å². The molecule has 0 bridgehead atoms. The molecule has 2 aromatic rings. The number of fused-ring (bicyclic) bond motifs is 1. The molecular weight excluding hydrogens is 374 g/mol. The van der Waals surface area contributed by atoms with Gasteiger partial charge in [0.15, 0.2) is 0 Å². The molecule has 0 atom stereocenters. The number of rotatable bonds is 5. The third kappa shape index (κ3) is 4.20. The molecule has 11 heteroatoms. The zero-order valence-electron chi connectivity index (χ0n) is 12.8. The number of carbonyl (C=O) groups excluding carboxylic acids is 2. The van der Waals surface area contributed by atoms with Crippen LogP contribution in [-0.2, 0) is 29.8 Å². The van der Waals surface area contributed by atoms with Crippen LogP contribution in [0.3, 0.4) is 0 Å². The lowest BCUT2D eigenvalue weighted by atomic mass is 10.1. The van der Waals surface area contributed by atoms with Crippen molar-refractivity contribution in [2.45, 2.75) is 23.1 Å². The summed E-state index contributed by atoms with van der Waals surface area (Å²) in [5.41, 5.74) is -0.137. The molecule has 0 aliphatic carbocycles. The minimum atomic E-state index is -4.77. The normalized spacial score (nSPS) is 12.1. The minimum absolute atomic E-state index is 0.137. The number of carbonyl (C=O) groups is 2. The Morgan fingerprint density at radius 2 is 1.56 bits per heavy atom. The molecule has 0 aromatic heterocycles. The van der Waals surface area contributed by atoms with Crippen molar-refractivity contribution in [2.24, 2.45) is 0 Å². The first-order valence-electron chi connectivity index (χ1n) is 6.71. The quantitative estimate of drug-likeness (QED) is 0.511. The van der Waals surface area contributed by atoms with Crippen LogP contribution in [0, 0.1) is 0 Å². The fourth-order valence-electron chi connectivity index (χ4n) is 2.31. The number of nitrogens with one attached hydrogen (secondary N) is 1. The van der Waals surface area contributed by atoms with Gasteiger partial charge in [0.1, 0.15) is 15.6 Å². The van der Waals surface area contributed by atoms with Crippen molar-refractivity contribution in [3.8, 4) is 0 Å². The lowest BCUT2D eigenvalue weighted by Crippen LogP contribution is -2.16. The van der Waals surface area contributed by atoms with Crippen LogP contribution in [0.5, 0.6) is 0 Å². The van der Waals surface area contributed by atoms with Crippen LogP contribution < -0.4 is 5.32 Å². The molecule has 25 heavy (non-hydrogen) atoms. The van der Waals surface area contributed by atoms with E-state index in [2.05, 4.69) is 5.32 Å². The molecule has 0 saturated heterocycles. The average Bonchev–Trinajstić information content (AvgIpc) is 2.43. The number of benzene rings is 2. The predicted octanol–water partition coefficient (Wildman–Crippen LogP) is 1.25. The van der Waals surface area contributed by atoms with Crippen molar-refractivity contribution in [1.82, 2.24) is 0 Å². The Balaban J connectivity index is 2.84. The maximum absolute atomic E-state index is 11.8. The van der Waals surface area contributed by atoms with Gasteiger partial charge >= 0.3 is 0 Å². The number of hydrogen-bond donors (Lipinski definition) is 3. The Labute approximate surface area is 143 Å². The van der Waals surface area contributed by atoms with Gasteiger partial charge in [-0.15, -0.1) is 0 Å². The highest BCUT2D eigenvalue weighted by Gasteiger charge is 2.23. The SMILES string of the molecule is CC(=O)CC(=O)Nc1ccc(S(=O)(=O)O)c2cccc(S(=O)(=O)O)c12. The first-order valence-corrected chi connectivity index (χ1v) is 9.59. The Bertz CT molecular complexity index is 1090. The highest BCUT2D eigenvalue weighted by atomic mass is 32.2. The molecule has 3 N–H and O–H groups in total. The average molecular weight is 387 g/mol. The van der Waals surface area contributed by atoms with E-state index in [1.165, 1.54) is 19.1 Å². The Hall–Kier alpha value is -2.34. The molecule has 0 aliphatic heterocycles. The molecule has 0 aliphatic rings. The summed E-state index contributed by atoms with van der Waals surface area (Å²) >= 11 is 0. The maximum Gasteiger partial charge on any atom is 0.295 e.